The van der Waals surface area contributed by atoms with Crippen molar-refractivity contribution in [3.63, 3.8) is 0 Å². The molecular formula is C42H82O2. The van der Waals surface area contributed by atoms with Crippen LogP contribution in [-0.4, -0.2) is 12.6 Å². The number of carbonyl (C=O) groups excluding carboxylic acids is 1. The van der Waals surface area contributed by atoms with E-state index in [-0.39, 0.29) is 5.97 Å². The largest absolute Gasteiger partial charge is 0.462 e. The molecule has 0 fully saturated rings. The maximum Gasteiger partial charge on any atom is 0.333 e. The zero-order valence-corrected chi connectivity index (χ0v) is 30.8. The number of hydrogen-bond acceptors (Lipinski definition) is 2. The summed E-state index contributed by atoms with van der Waals surface area (Å²) in [6.07, 6.45) is 47.6. The van der Waals surface area contributed by atoms with Crippen LogP contribution in [0.25, 0.3) is 0 Å². The lowest BCUT2D eigenvalue weighted by Gasteiger charge is -2.17. The van der Waals surface area contributed by atoms with Gasteiger partial charge in [-0.3, -0.25) is 0 Å². The van der Waals surface area contributed by atoms with Crippen molar-refractivity contribution in [1.29, 1.82) is 0 Å². The minimum Gasteiger partial charge on any atom is -0.462 e. The van der Waals surface area contributed by atoms with Crippen LogP contribution in [0.3, 0.4) is 0 Å². The Morgan fingerprint density at radius 2 is 0.659 bits per heavy atom. The van der Waals surface area contributed by atoms with Gasteiger partial charge in [0.1, 0.15) is 0 Å². The molecule has 0 saturated carbocycles. The van der Waals surface area contributed by atoms with Gasteiger partial charge >= 0.3 is 5.97 Å². The minimum atomic E-state index is -0.215. The second-order valence-electron chi connectivity index (χ2n) is 14.4. The second kappa shape index (κ2) is 36.7. The SMILES string of the molecule is C=C(C)C(=O)OCC(CCCCCCCCCCCCCC)CCCCCCCCCCCCCCCCCCCCCC. The molecule has 0 amide bonds. The first-order valence-electron chi connectivity index (χ1n) is 20.4. The summed E-state index contributed by atoms with van der Waals surface area (Å²) in [5, 5.41) is 0. The Hall–Kier alpha value is -0.790. The van der Waals surface area contributed by atoms with E-state index in [0.29, 0.717) is 18.1 Å². The normalized spacial score (nSPS) is 12.1. The topological polar surface area (TPSA) is 26.3 Å². The van der Waals surface area contributed by atoms with Gasteiger partial charge in [0.05, 0.1) is 6.61 Å². The number of esters is 1. The molecule has 0 spiro atoms. The van der Waals surface area contributed by atoms with Crippen molar-refractivity contribution in [3.05, 3.63) is 12.2 Å². The van der Waals surface area contributed by atoms with E-state index in [1.54, 1.807) is 6.92 Å². The van der Waals surface area contributed by atoms with Gasteiger partial charge in [-0.25, -0.2) is 4.79 Å². The summed E-state index contributed by atoms with van der Waals surface area (Å²) in [5.74, 6) is 0.310. The Labute approximate surface area is 278 Å². The number of carbonyl (C=O) groups is 1. The lowest BCUT2D eigenvalue weighted by atomic mass is 9.94. The van der Waals surface area contributed by atoms with Crippen LogP contribution < -0.4 is 0 Å². The van der Waals surface area contributed by atoms with Gasteiger partial charge in [0.15, 0.2) is 0 Å². The Balaban J connectivity index is 3.68. The summed E-state index contributed by atoms with van der Waals surface area (Å²) in [6, 6.07) is 0. The first-order chi connectivity index (χ1) is 21.6. The van der Waals surface area contributed by atoms with Crippen molar-refractivity contribution in [3.8, 4) is 0 Å². The van der Waals surface area contributed by atoms with E-state index in [0.717, 1.165) is 0 Å². The predicted octanol–water partition coefficient (Wildman–Crippen LogP) is 15.0. The Bertz CT molecular complexity index is 582. The highest BCUT2D eigenvalue weighted by atomic mass is 16.5. The van der Waals surface area contributed by atoms with Crippen molar-refractivity contribution in [2.45, 2.75) is 239 Å². The predicted molar refractivity (Wildman–Crippen MR) is 198 cm³/mol. The van der Waals surface area contributed by atoms with E-state index >= 15 is 0 Å². The van der Waals surface area contributed by atoms with Gasteiger partial charge in [-0.05, 0) is 25.7 Å². The molecule has 2 heteroatoms. The molecule has 0 aliphatic rings. The van der Waals surface area contributed by atoms with Crippen LogP contribution in [0.15, 0.2) is 12.2 Å². The van der Waals surface area contributed by atoms with E-state index in [2.05, 4.69) is 20.4 Å². The van der Waals surface area contributed by atoms with E-state index < -0.39 is 0 Å². The summed E-state index contributed by atoms with van der Waals surface area (Å²) in [6.45, 7) is 10.7. The third-order valence-corrected chi connectivity index (χ3v) is 9.73. The van der Waals surface area contributed by atoms with Gasteiger partial charge in [-0.15, -0.1) is 0 Å². The molecule has 0 saturated heterocycles. The molecule has 0 aromatic carbocycles. The second-order valence-corrected chi connectivity index (χ2v) is 14.4. The zero-order valence-electron chi connectivity index (χ0n) is 30.8. The molecule has 44 heavy (non-hydrogen) atoms. The Kier molecular flexibility index (Phi) is 36.0. The van der Waals surface area contributed by atoms with Crippen LogP contribution in [0.2, 0.25) is 0 Å². The van der Waals surface area contributed by atoms with E-state index in [9.17, 15) is 4.79 Å². The molecule has 0 aromatic heterocycles. The number of ether oxygens (including phenoxy) is 1. The van der Waals surface area contributed by atoms with Gasteiger partial charge in [0.25, 0.3) is 0 Å². The Morgan fingerprint density at radius 1 is 0.432 bits per heavy atom. The quantitative estimate of drug-likeness (QED) is 0.0393. The molecule has 0 radical (unpaired) electrons. The van der Waals surface area contributed by atoms with Crippen molar-refractivity contribution in [2.75, 3.05) is 6.61 Å². The average Bonchev–Trinajstić information content (AvgIpc) is 3.02. The molecule has 0 N–H and O–H groups in total. The standard InChI is InChI=1S/C42H82O2/c1-5-7-9-11-13-15-17-19-20-21-22-23-24-25-26-28-30-32-34-36-38-41(39-44-42(43)40(3)4)37-35-33-31-29-27-18-16-14-12-10-8-6-2/h41H,3,5-39H2,1-2,4H3. The third-order valence-electron chi connectivity index (χ3n) is 9.73. The van der Waals surface area contributed by atoms with Gasteiger partial charge in [0, 0.05) is 5.57 Å². The number of unbranched alkanes of at least 4 members (excludes halogenated alkanes) is 30. The molecule has 2 nitrogen and oxygen atoms in total. The molecule has 0 bridgehead atoms. The molecule has 262 valence electrons. The summed E-state index contributed by atoms with van der Waals surface area (Å²) in [5.41, 5.74) is 0.521. The number of rotatable bonds is 37. The molecule has 0 aromatic rings. The highest BCUT2D eigenvalue weighted by molar-refractivity contribution is 5.86. The molecule has 0 aliphatic carbocycles. The van der Waals surface area contributed by atoms with Crippen LogP contribution >= 0.6 is 0 Å². The highest BCUT2D eigenvalue weighted by Gasteiger charge is 2.12. The molecule has 1 unspecified atom stereocenters. The van der Waals surface area contributed by atoms with E-state index in [1.165, 1.54) is 218 Å². The van der Waals surface area contributed by atoms with Crippen LogP contribution in [0.5, 0.6) is 0 Å². The third kappa shape index (κ3) is 34.1. The summed E-state index contributed by atoms with van der Waals surface area (Å²) < 4.78 is 5.58. The fourth-order valence-corrected chi connectivity index (χ4v) is 6.59. The fourth-order valence-electron chi connectivity index (χ4n) is 6.59. The molecule has 0 rings (SSSR count). The van der Waals surface area contributed by atoms with E-state index in [4.69, 9.17) is 4.74 Å². The van der Waals surface area contributed by atoms with Crippen molar-refractivity contribution in [2.24, 2.45) is 5.92 Å². The maximum absolute atomic E-state index is 12.0. The molecule has 1 atom stereocenters. The summed E-state index contributed by atoms with van der Waals surface area (Å²) in [7, 11) is 0. The molecule has 0 aliphatic heterocycles. The summed E-state index contributed by atoms with van der Waals surface area (Å²) >= 11 is 0. The van der Waals surface area contributed by atoms with Crippen molar-refractivity contribution in [1.82, 2.24) is 0 Å². The minimum absolute atomic E-state index is 0.215. The van der Waals surface area contributed by atoms with E-state index in [1.807, 2.05) is 0 Å². The first-order valence-corrected chi connectivity index (χ1v) is 20.4. The lowest BCUT2D eigenvalue weighted by Crippen LogP contribution is -2.15. The van der Waals surface area contributed by atoms with Gasteiger partial charge in [-0.2, -0.15) is 0 Å². The van der Waals surface area contributed by atoms with Crippen LogP contribution in [-0.2, 0) is 9.53 Å². The average molecular weight is 619 g/mol. The number of hydrogen-bond donors (Lipinski definition) is 0. The fraction of sp³-hybridized carbons (Fsp3) is 0.929. The Morgan fingerprint density at radius 3 is 0.886 bits per heavy atom. The smallest absolute Gasteiger partial charge is 0.333 e. The first kappa shape index (κ1) is 43.2. The lowest BCUT2D eigenvalue weighted by molar-refractivity contribution is -0.140. The van der Waals surface area contributed by atoms with Gasteiger partial charge in [-0.1, -0.05) is 226 Å². The van der Waals surface area contributed by atoms with Crippen LogP contribution in [0.1, 0.15) is 239 Å². The van der Waals surface area contributed by atoms with Crippen LogP contribution in [0, 0.1) is 5.92 Å². The molecule has 0 heterocycles. The van der Waals surface area contributed by atoms with Crippen molar-refractivity contribution >= 4 is 5.97 Å². The highest BCUT2D eigenvalue weighted by Crippen LogP contribution is 2.21. The maximum atomic E-state index is 12.0. The van der Waals surface area contributed by atoms with Crippen molar-refractivity contribution < 1.29 is 9.53 Å². The summed E-state index contributed by atoms with van der Waals surface area (Å²) in [4.78, 5) is 12.0. The van der Waals surface area contributed by atoms with Gasteiger partial charge < -0.3 is 4.74 Å². The van der Waals surface area contributed by atoms with Crippen LogP contribution in [0.4, 0.5) is 0 Å². The zero-order chi connectivity index (χ0) is 32.2. The van der Waals surface area contributed by atoms with Gasteiger partial charge in [0.2, 0.25) is 0 Å². The molecular weight excluding hydrogens is 536 g/mol. The monoisotopic (exact) mass is 619 g/mol.